The van der Waals surface area contributed by atoms with E-state index in [9.17, 15) is 0 Å². The molecule has 1 aromatic rings. The molecule has 0 saturated heterocycles. The summed E-state index contributed by atoms with van der Waals surface area (Å²) in [4.78, 5) is 0. The van der Waals surface area contributed by atoms with Crippen molar-refractivity contribution < 1.29 is 0 Å². The summed E-state index contributed by atoms with van der Waals surface area (Å²) in [6.45, 7) is 4.53. The van der Waals surface area contributed by atoms with E-state index in [-0.39, 0.29) is 0 Å². The largest absolute Gasteiger partial charge is 0.312 e. The lowest BCUT2D eigenvalue weighted by atomic mass is 9.97. The summed E-state index contributed by atoms with van der Waals surface area (Å²) >= 11 is 0. The summed E-state index contributed by atoms with van der Waals surface area (Å²) in [7, 11) is 4.01. The van der Waals surface area contributed by atoms with Gasteiger partial charge in [0.25, 0.3) is 0 Å². The molecule has 2 unspecified atom stereocenters. The fraction of sp³-hybridized carbons (Fsp3) is 0.727. The first-order valence-electron chi connectivity index (χ1n) is 5.34. The van der Waals surface area contributed by atoms with E-state index in [2.05, 4.69) is 30.3 Å². The molecule has 0 aliphatic carbocycles. The third-order valence-corrected chi connectivity index (χ3v) is 2.90. The molecule has 14 heavy (non-hydrogen) atoms. The average molecular weight is 195 g/mol. The number of nitrogens with zero attached hydrogens (tertiary/aromatic N) is 2. The van der Waals surface area contributed by atoms with Crippen LogP contribution >= 0.6 is 0 Å². The Labute approximate surface area is 86.5 Å². The number of rotatable bonds is 5. The standard InChI is InChI=1S/C11H21N3/c1-5-9(2)8-10(12-3)11-6-7-13-14(11)4/h6-7,9-10,12H,5,8H2,1-4H3. The third-order valence-electron chi connectivity index (χ3n) is 2.90. The highest BCUT2D eigenvalue weighted by atomic mass is 15.3. The molecule has 0 bridgehead atoms. The highest BCUT2D eigenvalue weighted by Crippen LogP contribution is 2.21. The SMILES string of the molecule is CCC(C)CC(NC)c1ccnn1C. The van der Waals surface area contributed by atoms with Crippen LogP contribution in [0.25, 0.3) is 0 Å². The summed E-state index contributed by atoms with van der Waals surface area (Å²) in [5, 5.41) is 7.54. The highest BCUT2D eigenvalue weighted by molar-refractivity contribution is 5.06. The third kappa shape index (κ3) is 2.58. The van der Waals surface area contributed by atoms with Gasteiger partial charge in [-0.1, -0.05) is 20.3 Å². The van der Waals surface area contributed by atoms with Crippen LogP contribution in [0.1, 0.15) is 38.4 Å². The van der Waals surface area contributed by atoms with Crippen LogP contribution in [0.5, 0.6) is 0 Å². The second-order valence-corrected chi connectivity index (χ2v) is 3.97. The van der Waals surface area contributed by atoms with Gasteiger partial charge < -0.3 is 5.32 Å². The van der Waals surface area contributed by atoms with Gasteiger partial charge in [-0.3, -0.25) is 4.68 Å². The second kappa shape index (κ2) is 5.15. The van der Waals surface area contributed by atoms with Crippen molar-refractivity contribution in [3.8, 4) is 0 Å². The fourth-order valence-corrected chi connectivity index (χ4v) is 1.68. The normalized spacial score (nSPS) is 15.4. The lowest BCUT2D eigenvalue weighted by Gasteiger charge is -2.19. The van der Waals surface area contributed by atoms with Gasteiger partial charge in [0.1, 0.15) is 0 Å². The maximum atomic E-state index is 4.20. The molecule has 1 heterocycles. The molecule has 0 aliphatic heterocycles. The molecule has 3 heteroatoms. The molecule has 1 rings (SSSR count). The van der Waals surface area contributed by atoms with Gasteiger partial charge >= 0.3 is 0 Å². The van der Waals surface area contributed by atoms with Crippen molar-refractivity contribution >= 4 is 0 Å². The number of nitrogens with one attached hydrogen (secondary N) is 1. The average Bonchev–Trinajstić information content (AvgIpc) is 2.60. The molecule has 1 N–H and O–H groups in total. The van der Waals surface area contributed by atoms with E-state index in [1.54, 1.807) is 0 Å². The van der Waals surface area contributed by atoms with Gasteiger partial charge in [-0.25, -0.2) is 0 Å². The topological polar surface area (TPSA) is 29.9 Å². The van der Waals surface area contributed by atoms with E-state index < -0.39 is 0 Å². The summed E-state index contributed by atoms with van der Waals surface area (Å²) in [5.74, 6) is 0.752. The fourth-order valence-electron chi connectivity index (χ4n) is 1.68. The molecule has 0 aromatic carbocycles. The van der Waals surface area contributed by atoms with E-state index in [4.69, 9.17) is 0 Å². The van der Waals surface area contributed by atoms with Crippen LogP contribution in [-0.4, -0.2) is 16.8 Å². The zero-order valence-electron chi connectivity index (χ0n) is 9.62. The van der Waals surface area contributed by atoms with Gasteiger partial charge in [-0.05, 0) is 25.5 Å². The van der Waals surface area contributed by atoms with Crippen LogP contribution in [0.15, 0.2) is 12.3 Å². The molecule has 0 spiro atoms. The summed E-state index contributed by atoms with van der Waals surface area (Å²) < 4.78 is 1.95. The van der Waals surface area contributed by atoms with Crippen LogP contribution in [0.3, 0.4) is 0 Å². The summed E-state index contributed by atoms with van der Waals surface area (Å²) in [5.41, 5.74) is 1.27. The van der Waals surface area contributed by atoms with Gasteiger partial charge in [-0.2, -0.15) is 5.10 Å². The van der Waals surface area contributed by atoms with Gasteiger partial charge in [0.15, 0.2) is 0 Å². The maximum Gasteiger partial charge on any atom is 0.0550 e. The van der Waals surface area contributed by atoms with E-state index >= 15 is 0 Å². The molecular formula is C11H21N3. The smallest absolute Gasteiger partial charge is 0.0550 e. The van der Waals surface area contributed by atoms with Crippen LogP contribution < -0.4 is 5.32 Å². The first kappa shape index (κ1) is 11.2. The zero-order chi connectivity index (χ0) is 10.6. The number of hydrogen-bond acceptors (Lipinski definition) is 2. The molecule has 0 amide bonds. The van der Waals surface area contributed by atoms with E-state index in [0.717, 1.165) is 5.92 Å². The van der Waals surface area contributed by atoms with Crippen LogP contribution in [0.2, 0.25) is 0 Å². The van der Waals surface area contributed by atoms with Gasteiger partial charge in [0.2, 0.25) is 0 Å². The first-order valence-corrected chi connectivity index (χ1v) is 5.34. The van der Waals surface area contributed by atoms with Crippen molar-refractivity contribution in [1.29, 1.82) is 0 Å². The molecule has 0 saturated carbocycles. The quantitative estimate of drug-likeness (QED) is 0.780. The van der Waals surface area contributed by atoms with Crippen molar-refractivity contribution in [3.05, 3.63) is 18.0 Å². The molecule has 80 valence electrons. The minimum atomic E-state index is 0.428. The predicted molar refractivity (Wildman–Crippen MR) is 59.1 cm³/mol. The lowest BCUT2D eigenvalue weighted by molar-refractivity contribution is 0.405. The monoisotopic (exact) mass is 195 g/mol. The van der Waals surface area contributed by atoms with Gasteiger partial charge in [0, 0.05) is 19.3 Å². The Kier molecular flexibility index (Phi) is 4.14. The molecule has 0 fully saturated rings. The Morgan fingerprint density at radius 1 is 1.57 bits per heavy atom. The van der Waals surface area contributed by atoms with Crippen LogP contribution in [-0.2, 0) is 7.05 Å². The lowest BCUT2D eigenvalue weighted by Crippen LogP contribution is -2.21. The molecular weight excluding hydrogens is 174 g/mol. The van der Waals surface area contributed by atoms with Crippen molar-refractivity contribution in [3.63, 3.8) is 0 Å². The number of aryl methyl sites for hydroxylation is 1. The van der Waals surface area contributed by atoms with Crippen molar-refractivity contribution in [2.45, 2.75) is 32.7 Å². The number of hydrogen-bond donors (Lipinski definition) is 1. The van der Waals surface area contributed by atoms with E-state index in [1.807, 2.05) is 25.0 Å². The predicted octanol–water partition coefficient (Wildman–Crippen LogP) is 2.12. The molecule has 0 radical (unpaired) electrons. The Hall–Kier alpha value is -0.830. The van der Waals surface area contributed by atoms with E-state index in [0.29, 0.717) is 6.04 Å². The Balaban J connectivity index is 2.67. The first-order chi connectivity index (χ1) is 6.69. The molecule has 1 aromatic heterocycles. The Bertz CT molecular complexity index is 267. The maximum absolute atomic E-state index is 4.20. The number of aromatic nitrogens is 2. The molecule has 2 atom stereocenters. The zero-order valence-corrected chi connectivity index (χ0v) is 9.62. The summed E-state index contributed by atoms with van der Waals surface area (Å²) in [6, 6.07) is 2.52. The van der Waals surface area contributed by atoms with Crippen molar-refractivity contribution in [2.75, 3.05) is 7.05 Å². The van der Waals surface area contributed by atoms with Crippen LogP contribution in [0.4, 0.5) is 0 Å². The van der Waals surface area contributed by atoms with Crippen LogP contribution in [0, 0.1) is 5.92 Å². The van der Waals surface area contributed by atoms with Gasteiger partial charge in [-0.15, -0.1) is 0 Å². The second-order valence-electron chi connectivity index (χ2n) is 3.97. The Morgan fingerprint density at radius 3 is 2.71 bits per heavy atom. The molecule has 3 nitrogen and oxygen atoms in total. The van der Waals surface area contributed by atoms with Crippen molar-refractivity contribution in [2.24, 2.45) is 13.0 Å². The Morgan fingerprint density at radius 2 is 2.29 bits per heavy atom. The highest BCUT2D eigenvalue weighted by Gasteiger charge is 2.15. The van der Waals surface area contributed by atoms with E-state index in [1.165, 1.54) is 18.5 Å². The van der Waals surface area contributed by atoms with Gasteiger partial charge in [0.05, 0.1) is 5.69 Å². The molecule has 0 aliphatic rings. The summed E-state index contributed by atoms with van der Waals surface area (Å²) in [6.07, 6.45) is 4.26. The van der Waals surface area contributed by atoms with Crippen molar-refractivity contribution in [1.82, 2.24) is 15.1 Å². The minimum absolute atomic E-state index is 0.428. The minimum Gasteiger partial charge on any atom is -0.312 e.